The maximum Gasteiger partial charge on any atom is 0.112 e. The van der Waals surface area contributed by atoms with Crippen LogP contribution in [0.15, 0.2) is 24.3 Å². The van der Waals surface area contributed by atoms with E-state index in [1.807, 2.05) is 6.07 Å². The van der Waals surface area contributed by atoms with Crippen molar-refractivity contribution in [2.24, 2.45) is 0 Å². The smallest absolute Gasteiger partial charge is 0.112 e. The Labute approximate surface area is 134 Å². The molecule has 1 N–H and O–H groups in total. The SMILES string of the molecule is CCCCCCCCCCn1c(CCO)nc2ccccc21. The highest BCUT2D eigenvalue weighted by atomic mass is 16.3. The van der Waals surface area contributed by atoms with Crippen molar-refractivity contribution in [1.82, 2.24) is 9.55 Å². The Hall–Kier alpha value is -1.35. The molecule has 0 radical (unpaired) electrons. The number of hydrogen-bond acceptors (Lipinski definition) is 2. The van der Waals surface area contributed by atoms with Gasteiger partial charge in [0.1, 0.15) is 5.82 Å². The first-order valence-corrected chi connectivity index (χ1v) is 8.91. The quantitative estimate of drug-likeness (QED) is 0.610. The van der Waals surface area contributed by atoms with E-state index in [1.54, 1.807) is 0 Å². The second-order valence-corrected chi connectivity index (χ2v) is 6.12. The molecular formula is C19H30N2O. The summed E-state index contributed by atoms with van der Waals surface area (Å²) in [7, 11) is 0. The normalized spacial score (nSPS) is 11.4. The number of benzene rings is 1. The average molecular weight is 302 g/mol. The number of imidazole rings is 1. The number of fused-ring (bicyclic) bond motifs is 1. The molecule has 0 aliphatic rings. The minimum absolute atomic E-state index is 0.167. The minimum atomic E-state index is 0.167. The Kier molecular flexibility index (Phi) is 7.44. The van der Waals surface area contributed by atoms with Gasteiger partial charge in [0.05, 0.1) is 17.6 Å². The molecule has 0 aliphatic carbocycles. The van der Waals surface area contributed by atoms with Crippen molar-refractivity contribution in [3.05, 3.63) is 30.1 Å². The summed E-state index contributed by atoms with van der Waals surface area (Å²) in [5.74, 6) is 1.02. The molecule has 0 aliphatic heterocycles. The summed E-state index contributed by atoms with van der Waals surface area (Å²) >= 11 is 0. The largest absolute Gasteiger partial charge is 0.396 e. The van der Waals surface area contributed by atoms with Crippen LogP contribution in [-0.2, 0) is 13.0 Å². The lowest BCUT2D eigenvalue weighted by atomic mass is 10.1. The Balaban J connectivity index is 1.81. The van der Waals surface area contributed by atoms with Gasteiger partial charge in [-0.1, -0.05) is 64.0 Å². The predicted octanol–water partition coefficient (Wildman–Crippen LogP) is 4.71. The molecule has 1 heterocycles. The van der Waals surface area contributed by atoms with E-state index in [1.165, 1.54) is 56.9 Å². The van der Waals surface area contributed by atoms with Gasteiger partial charge in [-0.2, -0.15) is 0 Å². The van der Waals surface area contributed by atoms with Crippen molar-refractivity contribution in [2.45, 2.75) is 71.3 Å². The van der Waals surface area contributed by atoms with Gasteiger partial charge in [0, 0.05) is 13.0 Å². The Bertz CT molecular complexity index is 547. The fraction of sp³-hybridized carbons (Fsp3) is 0.632. The molecule has 22 heavy (non-hydrogen) atoms. The molecule has 0 fully saturated rings. The molecule has 1 aromatic heterocycles. The van der Waals surface area contributed by atoms with Crippen LogP contribution < -0.4 is 0 Å². The van der Waals surface area contributed by atoms with Gasteiger partial charge in [-0.15, -0.1) is 0 Å². The maximum absolute atomic E-state index is 9.23. The molecule has 3 nitrogen and oxygen atoms in total. The van der Waals surface area contributed by atoms with E-state index in [9.17, 15) is 5.11 Å². The van der Waals surface area contributed by atoms with Gasteiger partial charge >= 0.3 is 0 Å². The third-order valence-electron chi connectivity index (χ3n) is 4.30. The van der Waals surface area contributed by atoms with E-state index in [4.69, 9.17) is 0 Å². The van der Waals surface area contributed by atoms with E-state index in [0.29, 0.717) is 6.42 Å². The van der Waals surface area contributed by atoms with Crippen LogP contribution in [0.5, 0.6) is 0 Å². The molecule has 2 rings (SSSR count). The summed E-state index contributed by atoms with van der Waals surface area (Å²) in [6.45, 7) is 3.45. The van der Waals surface area contributed by atoms with Crippen molar-refractivity contribution >= 4 is 11.0 Å². The lowest BCUT2D eigenvalue weighted by Crippen LogP contribution is -2.06. The molecular weight excluding hydrogens is 272 g/mol. The third-order valence-corrected chi connectivity index (χ3v) is 4.30. The number of rotatable bonds is 11. The number of aliphatic hydroxyl groups excluding tert-OH is 1. The zero-order chi connectivity index (χ0) is 15.6. The van der Waals surface area contributed by atoms with E-state index < -0.39 is 0 Å². The molecule has 0 saturated carbocycles. The standard InChI is InChI=1S/C19H30N2O/c1-2-3-4-5-6-7-8-11-15-21-18-13-10-9-12-17(18)20-19(21)14-16-22/h9-10,12-13,22H,2-8,11,14-16H2,1H3. The van der Waals surface area contributed by atoms with Gasteiger partial charge in [-0.3, -0.25) is 0 Å². The highest BCUT2D eigenvalue weighted by Gasteiger charge is 2.09. The molecule has 122 valence electrons. The molecule has 3 heteroatoms. The van der Waals surface area contributed by atoms with Crippen LogP contribution in [0.25, 0.3) is 11.0 Å². The van der Waals surface area contributed by atoms with Crippen LogP contribution in [0.3, 0.4) is 0 Å². The summed E-state index contributed by atoms with van der Waals surface area (Å²) in [5.41, 5.74) is 2.25. The van der Waals surface area contributed by atoms with Crippen LogP contribution >= 0.6 is 0 Å². The molecule has 0 spiro atoms. The van der Waals surface area contributed by atoms with Crippen molar-refractivity contribution in [3.8, 4) is 0 Å². The Morgan fingerprint density at radius 3 is 2.36 bits per heavy atom. The maximum atomic E-state index is 9.23. The first-order chi connectivity index (χ1) is 10.9. The van der Waals surface area contributed by atoms with Crippen LogP contribution in [0, 0.1) is 0 Å². The molecule has 0 atom stereocenters. The summed E-state index contributed by atoms with van der Waals surface area (Å²) in [4.78, 5) is 4.65. The number of nitrogens with zero attached hydrogens (tertiary/aromatic N) is 2. The number of para-hydroxylation sites is 2. The number of unbranched alkanes of at least 4 members (excludes halogenated alkanes) is 7. The lowest BCUT2D eigenvalue weighted by molar-refractivity contribution is 0.294. The molecule has 0 amide bonds. The van der Waals surface area contributed by atoms with Crippen molar-refractivity contribution in [1.29, 1.82) is 0 Å². The second-order valence-electron chi connectivity index (χ2n) is 6.12. The Morgan fingerprint density at radius 2 is 1.64 bits per heavy atom. The number of aliphatic hydroxyl groups is 1. The number of aryl methyl sites for hydroxylation is 1. The van der Waals surface area contributed by atoms with Gasteiger partial charge in [0.15, 0.2) is 0 Å². The lowest BCUT2D eigenvalue weighted by Gasteiger charge is -2.08. The zero-order valence-corrected chi connectivity index (χ0v) is 13.9. The number of hydrogen-bond donors (Lipinski definition) is 1. The van der Waals surface area contributed by atoms with Crippen LogP contribution in [0.1, 0.15) is 64.1 Å². The summed E-state index contributed by atoms with van der Waals surface area (Å²) in [6.07, 6.45) is 11.3. The molecule has 0 unspecified atom stereocenters. The highest BCUT2D eigenvalue weighted by Crippen LogP contribution is 2.18. The number of aromatic nitrogens is 2. The van der Waals surface area contributed by atoms with Gasteiger partial charge in [-0.05, 0) is 18.6 Å². The summed E-state index contributed by atoms with van der Waals surface area (Å²) < 4.78 is 2.29. The molecule has 0 saturated heterocycles. The van der Waals surface area contributed by atoms with Crippen molar-refractivity contribution in [2.75, 3.05) is 6.61 Å². The molecule has 0 bridgehead atoms. The van der Waals surface area contributed by atoms with Crippen LogP contribution in [0.2, 0.25) is 0 Å². The monoisotopic (exact) mass is 302 g/mol. The van der Waals surface area contributed by atoms with E-state index in [2.05, 4.69) is 34.7 Å². The Morgan fingerprint density at radius 1 is 0.955 bits per heavy atom. The third kappa shape index (κ3) is 4.84. The summed E-state index contributed by atoms with van der Waals surface area (Å²) in [6, 6.07) is 8.28. The predicted molar refractivity (Wildman–Crippen MR) is 93.1 cm³/mol. The summed E-state index contributed by atoms with van der Waals surface area (Å²) in [5, 5.41) is 9.23. The minimum Gasteiger partial charge on any atom is -0.396 e. The van der Waals surface area contributed by atoms with Crippen molar-refractivity contribution < 1.29 is 5.11 Å². The van der Waals surface area contributed by atoms with Gasteiger partial charge in [0.25, 0.3) is 0 Å². The van der Waals surface area contributed by atoms with Crippen LogP contribution in [0.4, 0.5) is 0 Å². The van der Waals surface area contributed by atoms with Gasteiger partial charge in [0.2, 0.25) is 0 Å². The second kappa shape index (κ2) is 9.62. The van der Waals surface area contributed by atoms with Gasteiger partial charge in [-0.25, -0.2) is 4.98 Å². The topological polar surface area (TPSA) is 38.0 Å². The fourth-order valence-electron chi connectivity index (χ4n) is 3.07. The molecule has 2 aromatic rings. The molecule has 1 aromatic carbocycles. The fourth-order valence-corrected chi connectivity index (χ4v) is 3.07. The van der Waals surface area contributed by atoms with Crippen molar-refractivity contribution in [3.63, 3.8) is 0 Å². The van der Waals surface area contributed by atoms with E-state index in [0.717, 1.165) is 17.9 Å². The first kappa shape index (κ1) is 17.0. The zero-order valence-electron chi connectivity index (χ0n) is 13.9. The van der Waals surface area contributed by atoms with E-state index in [-0.39, 0.29) is 6.61 Å². The van der Waals surface area contributed by atoms with E-state index >= 15 is 0 Å². The first-order valence-electron chi connectivity index (χ1n) is 8.91. The average Bonchev–Trinajstić information content (AvgIpc) is 2.88. The van der Waals surface area contributed by atoms with Gasteiger partial charge < -0.3 is 9.67 Å². The highest BCUT2D eigenvalue weighted by molar-refractivity contribution is 5.75. The van der Waals surface area contributed by atoms with Crippen LogP contribution in [-0.4, -0.2) is 21.3 Å².